The first kappa shape index (κ1) is 12.9. The Bertz CT molecular complexity index is 411. The molecular weight excluding hydrogens is 224 g/mol. The standard InChI is InChI=1S/C15H22N2O/c1-2-17(14-10-6-5-9-13(14)16)15(18)11-12-7-3-4-8-12/h5-6,9-10,12H,2-4,7-8,11,16H2,1H3. The van der Waals surface area contributed by atoms with E-state index in [-0.39, 0.29) is 5.91 Å². The minimum atomic E-state index is 0.210. The quantitative estimate of drug-likeness (QED) is 0.829. The molecule has 1 aromatic carbocycles. The van der Waals surface area contributed by atoms with Crippen LogP contribution < -0.4 is 10.6 Å². The van der Waals surface area contributed by atoms with E-state index in [2.05, 4.69) is 0 Å². The van der Waals surface area contributed by atoms with Crippen LogP contribution in [0.1, 0.15) is 39.0 Å². The lowest BCUT2D eigenvalue weighted by molar-refractivity contribution is -0.119. The molecule has 98 valence electrons. The highest BCUT2D eigenvalue weighted by Gasteiger charge is 2.22. The van der Waals surface area contributed by atoms with E-state index in [1.165, 1.54) is 25.7 Å². The Hall–Kier alpha value is -1.51. The van der Waals surface area contributed by atoms with E-state index in [1.54, 1.807) is 0 Å². The van der Waals surface area contributed by atoms with Crippen molar-refractivity contribution in [3.8, 4) is 0 Å². The number of nitrogen functional groups attached to an aromatic ring is 1. The molecule has 1 aromatic rings. The van der Waals surface area contributed by atoms with Crippen LogP contribution in [-0.4, -0.2) is 12.5 Å². The molecule has 0 spiro atoms. The molecule has 1 aliphatic carbocycles. The van der Waals surface area contributed by atoms with Gasteiger partial charge in [-0.25, -0.2) is 0 Å². The van der Waals surface area contributed by atoms with Crippen molar-refractivity contribution in [1.82, 2.24) is 0 Å². The van der Waals surface area contributed by atoms with Crippen LogP contribution in [0.5, 0.6) is 0 Å². The molecule has 0 aromatic heterocycles. The molecule has 18 heavy (non-hydrogen) atoms. The zero-order valence-electron chi connectivity index (χ0n) is 11.1. The van der Waals surface area contributed by atoms with E-state index < -0.39 is 0 Å². The minimum Gasteiger partial charge on any atom is -0.397 e. The molecule has 0 radical (unpaired) electrons. The summed E-state index contributed by atoms with van der Waals surface area (Å²) in [7, 11) is 0. The molecule has 0 unspecified atom stereocenters. The highest BCUT2D eigenvalue weighted by atomic mass is 16.2. The molecule has 1 fully saturated rings. The van der Waals surface area contributed by atoms with Gasteiger partial charge in [-0.05, 0) is 37.8 Å². The summed E-state index contributed by atoms with van der Waals surface area (Å²) < 4.78 is 0. The van der Waals surface area contributed by atoms with Gasteiger partial charge in [0.1, 0.15) is 0 Å². The fourth-order valence-corrected chi connectivity index (χ4v) is 2.79. The second-order valence-corrected chi connectivity index (χ2v) is 5.05. The average molecular weight is 246 g/mol. The molecule has 1 saturated carbocycles. The van der Waals surface area contributed by atoms with Crippen molar-refractivity contribution in [2.45, 2.75) is 39.0 Å². The number of benzene rings is 1. The number of amides is 1. The predicted molar refractivity (Wildman–Crippen MR) is 75.5 cm³/mol. The molecule has 3 heteroatoms. The molecule has 2 rings (SSSR count). The Morgan fingerprint density at radius 2 is 2.00 bits per heavy atom. The monoisotopic (exact) mass is 246 g/mol. The van der Waals surface area contributed by atoms with Gasteiger partial charge in [-0.15, -0.1) is 0 Å². The third-order valence-electron chi connectivity index (χ3n) is 3.78. The minimum absolute atomic E-state index is 0.210. The van der Waals surface area contributed by atoms with E-state index in [9.17, 15) is 4.79 Å². The third-order valence-corrected chi connectivity index (χ3v) is 3.78. The summed E-state index contributed by atoms with van der Waals surface area (Å²) >= 11 is 0. The number of anilines is 2. The number of nitrogens with zero attached hydrogens (tertiary/aromatic N) is 1. The van der Waals surface area contributed by atoms with Crippen LogP contribution >= 0.6 is 0 Å². The Labute approximate surface area is 109 Å². The van der Waals surface area contributed by atoms with Crippen molar-refractivity contribution in [2.75, 3.05) is 17.2 Å². The van der Waals surface area contributed by atoms with Crippen molar-refractivity contribution < 1.29 is 4.79 Å². The Kier molecular flexibility index (Phi) is 4.24. The van der Waals surface area contributed by atoms with Gasteiger partial charge in [0, 0.05) is 13.0 Å². The predicted octanol–water partition coefficient (Wildman–Crippen LogP) is 3.20. The molecule has 1 aliphatic rings. The maximum Gasteiger partial charge on any atom is 0.227 e. The van der Waals surface area contributed by atoms with Gasteiger partial charge < -0.3 is 10.6 Å². The number of para-hydroxylation sites is 2. The number of carbonyl (C=O) groups excluding carboxylic acids is 1. The average Bonchev–Trinajstić information content (AvgIpc) is 2.85. The van der Waals surface area contributed by atoms with Crippen molar-refractivity contribution in [3.05, 3.63) is 24.3 Å². The van der Waals surface area contributed by atoms with Crippen LogP contribution in [0.3, 0.4) is 0 Å². The maximum absolute atomic E-state index is 12.4. The summed E-state index contributed by atoms with van der Waals surface area (Å²) in [6.45, 7) is 2.68. The summed E-state index contributed by atoms with van der Waals surface area (Å²) in [5.41, 5.74) is 7.48. The van der Waals surface area contributed by atoms with Gasteiger partial charge >= 0.3 is 0 Å². The summed E-state index contributed by atoms with van der Waals surface area (Å²) in [4.78, 5) is 14.2. The molecule has 0 heterocycles. The van der Waals surface area contributed by atoms with E-state index in [4.69, 9.17) is 5.73 Å². The van der Waals surface area contributed by atoms with E-state index in [1.807, 2.05) is 36.1 Å². The fourth-order valence-electron chi connectivity index (χ4n) is 2.79. The van der Waals surface area contributed by atoms with Crippen molar-refractivity contribution in [1.29, 1.82) is 0 Å². The Balaban J connectivity index is 2.08. The SMILES string of the molecule is CCN(C(=O)CC1CCCC1)c1ccccc1N. The van der Waals surface area contributed by atoms with Gasteiger partial charge in [0.05, 0.1) is 11.4 Å². The first-order chi connectivity index (χ1) is 8.72. The van der Waals surface area contributed by atoms with Crippen molar-refractivity contribution in [2.24, 2.45) is 5.92 Å². The van der Waals surface area contributed by atoms with Gasteiger partial charge in [0.25, 0.3) is 0 Å². The van der Waals surface area contributed by atoms with Crippen LogP contribution in [0.15, 0.2) is 24.3 Å². The van der Waals surface area contributed by atoms with Crippen molar-refractivity contribution >= 4 is 17.3 Å². The zero-order valence-corrected chi connectivity index (χ0v) is 11.1. The number of hydrogen-bond acceptors (Lipinski definition) is 2. The second kappa shape index (κ2) is 5.89. The van der Waals surface area contributed by atoms with Gasteiger partial charge in [0.15, 0.2) is 0 Å². The lowest BCUT2D eigenvalue weighted by Gasteiger charge is -2.24. The van der Waals surface area contributed by atoms with Gasteiger partial charge in [-0.2, -0.15) is 0 Å². The van der Waals surface area contributed by atoms with Crippen LogP contribution in [0.4, 0.5) is 11.4 Å². The van der Waals surface area contributed by atoms with Crippen molar-refractivity contribution in [3.63, 3.8) is 0 Å². The summed E-state index contributed by atoms with van der Waals surface area (Å²) in [5.74, 6) is 0.791. The first-order valence-electron chi connectivity index (χ1n) is 6.87. The van der Waals surface area contributed by atoms with Crippen LogP contribution in [0.2, 0.25) is 0 Å². The zero-order chi connectivity index (χ0) is 13.0. The topological polar surface area (TPSA) is 46.3 Å². The Morgan fingerprint density at radius 3 is 2.61 bits per heavy atom. The van der Waals surface area contributed by atoms with Gasteiger partial charge in [0.2, 0.25) is 5.91 Å². The largest absolute Gasteiger partial charge is 0.397 e. The Morgan fingerprint density at radius 1 is 1.33 bits per heavy atom. The molecular formula is C15H22N2O. The number of hydrogen-bond donors (Lipinski definition) is 1. The molecule has 0 bridgehead atoms. The van der Waals surface area contributed by atoms with Crippen LogP contribution in [0, 0.1) is 5.92 Å². The number of carbonyl (C=O) groups is 1. The normalized spacial score (nSPS) is 15.8. The van der Waals surface area contributed by atoms with Crippen LogP contribution in [-0.2, 0) is 4.79 Å². The molecule has 0 atom stereocenters. The molecule has 0 saturated heterocycles. The van der Waals surface area contributed by atoms with E-state index in [0.717, 1.165) is 5.69 Å². The highest BCUT2D eigenvalue weighted by Crippen LogP contribution is 2.30. The number of rotatable bonds is 4. The van der Waals surface area contributed by atoms with E-state index >= 15 is 0 Å². The fraction of sp³-hybridized carbons (Fsp3) is 0.533. The maximum atomic E-state index is 12.4. The number of nitrogens with two attached hydrogens (primary N) is 1. The van der Waals surface area contributed by atoms with E-state index in [0.29, 0.717) is 24.6 Å². The second-order valence-electron chi connectivity index (χ2n) is 5.05. The summed E-state index contributed by atoms with van der Waals surface area (Å²) in [6.07, 6.45) is 5.62. The smallest absolute Gasteiger partial charge is 0.227 e. The molecule has 3 nitrogen and oxygen atoms in total. The third kappa shape index (κ3) is 2.84. The highest BCUT2D eigenvalue weighted by molar-refractivity contribution is 5.96. The summed E-state index contributed by atoms with van der Waals surface area (Å²) in [5, 5.41) is 0. The lowest BCUT2D eigenvalue weighted by atomic mass is 10.0. The summed E-state index contributed by atoms with van der Waals surface area (Å²) in [6, 6.07) is 7.59. The van der Waals surface area contributed by atoms with Crippen LogP contribution in [0.25, 0.3) is 0 Å². The molecule has 0 aliphatic heterocycles. The first-order valence-corrected chi connectivity index (χ1v) is 6.87. The molecule has 2 N–H and O–H groups in total. The van der Waals surface area contributed by atoms with Gasteiger partial charge in [-0.3, -0.25) is 4.79 Å². The van der Waals surface area contributed by atoms with Gasteiger partial charge in [-0.1, -0.05) is 25.0 Å². The molecule has 1 amide bonds. The lowest BCUT2D eigenvalue weighted by Crippen LogP contribution is -2.32.